The quantitative estimate of drug-likeness (QED) is 0.749. The maximum atomic E-state index is 4.43. The monoisotopic (exact) mass is 288 g/mol. The molecule has 3 aromatic heterocycles. The lowest BCUT2D eigenvalue weighted by Gasteiger charge is -1.94. The summed E-state index contributed by atoms with van der Waals surface area (Å²) in [5, 5.41) is 0. The number of nitrogens with one attached hydrogen (secondary N) is 1. The number of hydrogen-bond acceptors (Lipinski definition) is 3. The van der Waals surface area contributed by atoms with Crippen molar-refractivity contribution in [3.8, 4) is 11.5 Å². The minimum Gasteiger partial charge on any atom is -0.335 e. The van der Waals surface area contributed by atoms with E-state index in [1.807, 2.05) is 31.2 Å². The number of nitrogens with zero attached hydrogens (tertiary/aromatic N) is 3. The van der Waals surface area contributed by atoms with Gasteiger partial charge in [-0.3, -0.25) is 4.98 Å². The fourth-order valence-corrected chi connectivity index (χ4v) is 1.86. The van der Waals surface area contributed by atoms with Crippen molar-refractivity contribution in [2.75, 3.05) is 0 Å². The SMILES string of the molecule is Cc1ccc2[nH]c(-c3ccc(Br)cn3)nc2n1. The van der Waals surface area contributed by atoms with Gasteiger partial charge in [-0.15, -0.1) is 0 Å². The van der Waals surface area contributed by atoms with Gasteiger partial charge in [0.1, 0.15) is 5.69 Å². The van der Waals surface area contributed by atoms with Gasteiger partial charge < -0.3 is 4.98 Å². The van der Waals surface area contributed by atoms with Gasteiger partial charge in [0.2, 0.25) is 0 Å². The molecule has 0 unspecified atom stereocenters. The van der Waals surface area contributed by atoms with Crippen molar-refractivity contribution in [2.24, 2.45) is 0 Å². The molecule has 0 aromatic carbocycles. The Hall–Kier alpha value is -1.75. The van der Waals surface area contributed by atoms with Crippen LogP contribution in [-0.4, -0.2) is 19.9 Å². The van der Waals surface area contributed by atoms with E-state index in [1.165, 1.54) is 0 Å². The van der Waals surface area contributed by atoms with Crippen LogP contribution in [0.4, 0.5) is 0 Å². The van der Waals surface area contributed by atoms with Crippen LogP contribution < -0.4 is 0 Å². The van der Waals surface area contributed by atoms with Crippen molar-refractivity contribution in [3.63, 3.8) is 0 Å². The third-order valence-electron chi connectivity index (χ3n) is 2.46. The summed E-state index contributed by atoms with van der Waals surface area (Å²) < 4.78 is 0.950. The molecule has 0 saturated heterocycles. The third-order valence-corrected chi connectivity index (χ3v) is 2.92. The van der Waals surface area contributed by atoms with E-state index in [-0.39, 0.29) is 0 Å². The van der Waals surface area contributed by atoms with Gasteiger partial charge in [-0.2, -0.15) is 0 Å². The molecule has 0 spiro atoms. The Bertz CT molecular complexity index is 673. The molecular formula is C12H9BrN4. The van der Waals surface area contributed by atoms with E-state index in [1.54, 1.807) is 6.20 Å². The standard InChI is InChI=1S/C12H9BrN4/c1-7-2-4-10-12(15-7)17-11(16-10)9-5-3-8(13)6-14-9/h2-6H,1H3,(H,15,16,17). The summed E-state index contributed by atoms with van der Waals surface area (Å²) in [4.78, 5) is 16.3. The molecule has 0 aliphatic heterocycles. The summed E-state index contributed by atoms with van der Waals surface area (Å²) in [6.07, 6.45) is 1.75. The van der Waals surface area contributed by atoms with Gasteiger partial charge in [-0.05, 0) is 47.1 Å². The Morgan fingerprint density at radius 1 is 1.12 bits per heavy atom. The number of pyridine rings is 2. The van der Waals surface area contributed by atoms with E-state index in [0.29, 0.717) is 0 Å². The maximum absolute atomic E-state index is 4.43. The summed E-state index contributed by atoms with van der Waals surface area (Å²) in [6.45, 7) is 1.95. The first-order valence-electron chi connectivity index (χ1n) is 5.18. The highest BCUT2D eigenvalue weighted by atomic mass is 79.9. The van der Waals surface area contributed by atoms with Gasteiger partial charge >= 0.3 is 0 Å². The van der Waals surface area contributed by atoms with Gasteiger partial charge in [0, 0.05) is 16.4 Å². The lowest BCUT2D eigenvalue weighted by Crippen LogP contribution is -1.84. The second-order valence-corrected chi connectivity index (χ2v) is 4.69. The first-order valence-corrected chi connectivity index (χ1v) is 5.97. The van der Waals surface area contributed by atoms with Crippen LogP contribution in [0.25, 0.3) is 22.7 Å². The summed E-state index contributed by atoms with van der Waals surface area (Å²) in [6, 6.07) is 7.79. The molecule has 84 valence electrons. The van der Waals surface area contributed by atoms with E-state index in [0.717, 1.165) is 32.8 Å². The van der Waals surface area contributed by atoms with Crippen LogP contribution >= 0.6 is 15.9 Å². The maximum Gasteiger partial charge on any atom is 0.178 e. The van der Waals surface area contributed by atoms with Gasteiger partial charge in [-0.1, -0.05) is 0 Å². The molecule has 0 aliphatic rings. The number of aromatic amines is 1. The topological polar surface area (TPSA) is 54.5 Å². The molecule has 0 aliphatic carbocycles. The molecular weight excluding hydrogens is 280 g/mol. The average Bonchev–Trinajstić information content (AvgIpc) is 2.72. The van der Waals surface area contributed by atoms with Crippen LogP contribution in [0.15, 0.2) is 34.9 Å². The van der Waals surface area contributed by atoms with Crippen LogP contribution in [0.3, 0.4) is 0 Å². The predicted octanol–water partition coefficient (Wildman–Crippen LogP) is 3.09. The summed E-state index contributed by atoms with van der Waals surface area (Å²) in [5.74, 6) is 0.741. The number of imidazole rings is 1. The highest BCUT2D eigenvalue weighted by Crippen LogP contribution is 2.19. The molecule has 0 saturated carbocycles. The van der Waals surface area contributed by atoms with Gasteiger partial charge in [-0.25, -0.2) is 9.97 Å². The minimum absolute atomic E-state index is 0.727. The van der Waals surface area contributed by atoms with Crippen LogP contribution in [0.2, 0.25) is 0 Å². The van der Waals surface area contributed by atoms with Crippen LogP contribution in [0.1, 0.15) is 5.69 Å². The summed E-state index contributed by atoms with van der Waals surface area (Å²) >= 11 is 3.36. The molecule has 3 heterocycles. The second kappa shape index (κ2) is 3.92. The van der Waals surface area contributed by atoms with Crippen LogP contribution in [0.5, 0.6) is 0 Å². The minimum atomic E-state index is 0.727. The number of halogens is 1. The summed E-state index contributed by atoms with van der Waals surface area (Å²) in [7, 11) is 0. The fourth-order valence-electron chi connectivity index (χ4n) is 1.62. The first-order chi connectivity index (χ1) is 8.22. The lowest BCUT2D eigenvalue weighted by atomic mass is 10.3. The molecule has 0 radical (unpaired) electrons. The molecule has 0 amide bonds. The van der Waals surface area contributed by atoms with Gasteiger partial charge in [0.25, 0.3) is 0 Å². The number of rotatable bonds is 1. The highest BCUT2D eigenvalue weighted by Gasteiger charge is 2.07. The molecule has 1 N–H and O–H groups in total. The van der Waals surface area contributed by atoms with E-state index in [9.17, 15) is 0 Å². The zero-order chi connectivity index (χ0) is 11.8. The summed E-state index contributed by atoms with van der Waals surface area (Å²) in [5.41, 5.74) is 3.42. The predicted molar refractivity (Wildman–Crippen MR) is 69.6 cm³/mol. The van der Waals surface area contributed by atoms with Crippen molar-refractivity contribution in [1.29, 1.82) is 0 Å². The molecule has 0 fully saturated rings. The molecule has 5 heteroatoms. The van der Waals surface area contributed by atoms with Crippen molar-refractivity contribution in [2.45, 2.75) is 6.92 Å². The van der Waals surface area contributed by atoms with Gasteiger partial charge in [0.15, 0.2) is 11.5 Å². The van der Waals surface area contributed by atoms with Crippen LogP contribution in [0, 0.1) is 6.92 Å². The molecule has 0 bridgehead atoms. The van der Waals surface area contributed by atoms with E-state index in [2.05, 4.69) is 35.9 Å². The molecule has 0 atom stereocenters. The first kappa shape index (κ1) is 10.4. The van der Waals surface area contributed by atoms with Gasteiger partial charge in [0.05, 0.1) is 5.52 Å². The Balaban J connectivity index is 2.14. The van der Waals surface area contributed by atoms with E-state index < -0.39 is 0 Å². The normalized spacial score (nSPS) is 10.9. The second-order valence-electron chi connectivity index (χ2n) is 3.77. The number of fused-ring (bicyclic) bond motifs is 1. The Morgan fingerprint density at radius 3 is 2.76 bits per heavy atom. The highest BCUT2D eigenvalue weighted by molar-refractivity contribution is 9.10. The van der Waals surface area contributed by atoms with Crippen molar-refractivity contribution in [3.05, 3.63) is 40.6 Å². The Kier molecular flexibility index (Phi) is 2.40. The lowest BCUT2D eigenvalue weighted by molar-refractivity contribution is 1.20. The molecule has 3 rings (SSSR count). The van der Waals surface area contributed by atoms with Crippen LogP contribution in [-0.2, 0) is 0 Å². The van der Waals surface area contributed by atoms with E-state index in [4.69, 9.17) is 0 Å². The van der Waals surface area contributed by atoms with Crippen molar-refractivity contribution < 1.29 is 0 Å². The smallest absolute Gasteiger partial charge is 0.178 e. The number of hydrogen-bond donors (Lipinski definition) is 1. The zero-order valence-electron chi connectivity index (χ0n) is 9.11. The number of aromatic nitrogens is 4. The number of H-pyrrole nitrogens is 1. The Morgan fingerprint density at radius 2 is 2.00 bits per heavy atom. The van der Waals surface area contributed by atoms with Crippen molar-refractivity contribution in [1.82, 2.24) is 19.9 Å². The average molecular weight is 289 g/mol. The largest absolute Gasteiger partial charge is 0.335 e. The Labute approximate surface area is 106 Å². The number of aryl methyl sites for hydroxylation is 1. The molecule has 4 nitrogen and oxygen atoms in total. The fraction of sp³-hybridized carbons (Fsp3) is 0.0833. The van der Waals surface area contributed by atoms with E-state index >= 15 is 0 Å². The zero-order valence-corrected chi connectivity index (χ0v) is 10.7. The third kappa shape index (κ3) is 1.93. The van der Waals surface area contributed by atoms with Crippen molar-refractivity contribution >= 4 is 27.1 Å². The molecule has 3 aromatic rings. The molecule has 17 heavy (non-hydrogen) atoms.